The van der Waals surface area contributed by atoms with Gasteiger partial charge in [0.05, 0.1) is 12.1 Å². The monoisotopic (exact) mass is 411 g/mol. The Morgan fingerprint density at radius 2 is 0.793 bits per heavy atom. The highest BCUT2D eigenvalue weighted by molar-refractivity contribution is 5.69. The molecule has 1 unspecified atom stereocenters. The van der Waals surface area contributed by atoms with Gasteiger partial charge in [-0.1, -0.05) is 148 Å². The maximum absolute atomic E-state index is 10.4. The van der Waals surface area contributed by atoms with Gasteiger partial charge in [-0.25, -0.2) is 0 Å². The van der Waals surface area contributed by atoms with E-state index in [0.29, 0.717) is 6.42 Å². The third-order valence-corrected chi connectivity index (χ3v) is 6.10. The van der Waals surface area contributed by atoms with Crippen LogP contribution >= 0.6 is 0 Å². The Bertz CT molecular complexity index is 330. The van der Waals surface area contributed by atoms with Gasteiger partial charge in [0.25, 0.3) is 0 Å². The van der Waals surface area contributed by atoms with Crippen molar-refractivity contribution in [1.82, 2.24) is 0 Å². The van der Waals surface area contributed by atoms with Crippen LogP contribution in [0.15, 0.2) is 0 Å². The molecule has 0 fully saturated rings. The summed E-state index contributed by atoms with van der Waals surface area (Å²) in [6, 6.07) is 0. The number of unbranched alkanes of at least 4 members (excludes halogenated alkanes) is 21. The Labute approximate surface area is 182 Å². The summed E-state index contributed by atoms with van der Waals surface area (Å²) in [6.45, 7) is 2.28. The van der Waals surface area contributed by atoms with E-state index in [2.05, 4.69) is 6.92 Å². The highest BCUT2D eigenvalue weighted by atomic mass is 16.4. The highest BCUT2D eigenvalue weighted by Gasteiger charge is 2.03. The summed E-state index contributed by atoms with van der Waals surface area (Å²) >= 11 is 0. The summed E-state index contributed by atoms with van der Waals surface area (Å²) in [4.78, 5) is 10.4. The average molecular weight is 412 g/mol. The third-order valence-electron chi connectivity index (χ3n) is 6.10. The maximum atomic E-state index is 10.4. The summed E-state index contributed by atoms with van der Waals surface area (Å²) in [5.74, 6) is -1.34. The van der Waals surface area contributed by atoms with Crippen LogP contribution in [0, 0.1) is 0 Å². The molecule has 0 saturated carbocycles. The molecule has 0 aromatic carbocycles. The zero-order valence-electron chi connectivity index (χ0n) is 19.6. The second kappa shape index (κ2) is 23.7. The molecule has 0 heterocycles. The number of aliphatic hydroxyl groups excluding tert-OH is 1. The maximum Gasteiger partial charge on any atom is 0.0933 e. The van der Waals surface area contributed by atoms with E-state index in [9.17, 15) is 9.90 Å². The highest BCUT2D eigenvalue weighted by Crippen LogP contribution is 2.15. The second-order valence-corrected chi connectivity index (χ2v) is 9.05. The molecule has 0 aromatic rings. The van der Waals surface area contributed by atoms with Gasteiger partial charge in [-0.15, -0.1) is 0 Å². The number of aliphatic carboxylic acids is 1. The number of carbonyl (C=O) groups is 1. The Morgan fingerprint density at radius 1 is 0.552 bits per heavy atom. The first-order valence-corrected chi connectivity index (χ1v) is 13.1. The smallest absolute Gasteiger partial charge is 0.0933 e. The van der Waals surface area contributed by atoms with Gasteiger partial charge in [0.15, 0.2) is 0 Å². The number of rotatable bonds is 24. The zero-order valence-corrected chi connectivity index (χ0v) is 19.6. The molecule has 0 aromatic heterocycles. The number of carbonyl (C=O) groups excluding carboxylic acids is 1. The number of carboxylic acids is 1. The molecule has 0 rings (SSSR count). The van der Waals surface area contributed by atoms with E-state index in [1.165, 1.54) is 122 Å². The fourth-order valence-corrected chi connectivity index (χ4v) is 4.06. The molecule has 0 aliphatic rings. The van der Waals surface area contributed by atoms with Gasteiger partial charge in [0, 0.05) is 0 Å². The molecule has 29 heavy (non-hydrogen) atoms. The van der Waals surface area contributed by atoms with Crippen LogP contribution in [-0.4, -0.2) is 17.2 Å². The van der Waals surface area contributed by atoms with Crippen molar-refractivity contribution in [3.05, 3.63) is 0 Å². The molecule has 3 nitrogen and oxygen atoms in total. The summed E-state index contributed by atoms with van der Waals surface area (Å²) in [5, 5.41) is 19.5. The summed E-state index contributed by atoms with van der Waals surface area (Å²) in [6.07, 6.45) is 28.7. The van der Waals surface area contributed by atoms with Crippen molar-refractivity contribution >= 4 is 5.97 Å². The average Bonchev–Trinajstić information content (AvgIpc) is 2.71. The van der Waals surface area contributed by atoms with E-state index in [-0.39, 0.29) is 0 Å². The first-order chi connectivity index (χ1) is 14.2. The summed E-state index contributed by atoms with van der Waals surface area (Å²) < 4.78 is 0. The predicted octanol–water partition coefficient (Wildman–Crippen LogP) is 7.09. The lowest BCUT2D eigenvalue weighted by atomic mass is 10.0. The van der Waals surface area contributed by atoms with E-state index < -0.39 is 12.1 Å². The van der Waals surface area contributed by atoms with Crippen LogP contribution in [0.4, 0.5) is 0 Å². The van der Waals surface area contributed by atoms with Crippen molar-refractivity contribution in [2.24, 2.45) is 0 Å². The van der Waals surface area contributed by atoms with Crippen LogP contribution in [0.5, 0.6) is 0 Å². The molecular formula is C26H51O3-. The first-order valence-electron chi connectivity index (χ1n) is 13.1. The molecule has 0 aliphatic heterocycles. The van der Waals surface area contributed by atoms with Gasteiger partial charge < -0.3 is 15.0 Å². The molecule has 1 atom stereocenters. The van der Waals surface area contributed by atoms with Crippen molar-refractivity contribution in [3.63, 3.8) is 0 Å². The molecule has 0 radical (unpaired) electrons. The van der Waals surface area contributed by atoms with Crippen LogP contribution in [-0.2, 0) is 4.79 Å². The fraction of sp³-hybridized carbons (Fsp3) is 0.962. The van der Waals surface area contributed by atoms with E-state index in [4.69, 9.17) is 5.11 Å². The zero-order chi connectivity index (χ0) is 21.4. The molecule has 0 amide bonds. The topological polar surface area (TPSA) is 60.4 Å². The quantitative estimate of drug-likeness (QED) is 0.172. The lowest BCUT2D eigenvalue weighted by molar-refractivity contribution is -0.315. The minimum absolute atomic E-state index is 0.335. The number of hydrogen-bond acceptors (Lipinski definition) is 3. The molecular weight excluding hydrogens is 360 g/mol. The Balaban J connectivity index is 3.04. The lowest BCUT2D eigenvalue weighted by Gasteiger charge is -2.10. The van der Waals surface area contributed by atoms with Crippen LogP contribution < -0.4 is 5.11 Å². The predicted molar refractivity (Wildman–Crippen MR) is 123 cm³/mol. The van der Waals surface area contributed by atoms with E-state index in [0.717, 1.165) is 19.3 Å². The third kappa shape index (κ3) is 23.6. The van der Waals surface area contributed by atoms with Gasteiger partial charge in [-0.2, -0.15) is 0 Å². The molecule has 0 aliphatic carbocycles. The van der Waals surface area contributed by atoms with Crippen LogP contribution in [0.25, 0.3) is 0 Å². The van der Waals surface area contributed by atoms with E-state index in [1.807, 2.05) is 0 Å². The molecule has 3 heteroatoms. The Hall–Kier alpha value is -0.570. The summed E-state index contributed by atoms with van der Waals surface area (Å²) in [5.41, 5.74) is 0. The molecule has 1 N–H and O–H groups in total. The Kier molecular flexibility index (Phi) is 23.2. The minimum atomic E-state index is -1.34. The van der Waals surface area contributed by atoms with Gasteiger partial charge in [-0.05, 0) is 6.42 Å². The van der Waals surface area contributed by atoms with Crippen LogP contribution in [0.3, 0.4) is 0 Å². The normalized spacial score (nSPS) is 12.3. The van der Waals surface area contributed by atoms with E-state index in [1.54, 1.807) is 0 Å². The second-order valence-electron chi connectivity index (χ2n) is 9.05. The minimum Gasteiger partial charge on any atom is -0.547 e. The van der Waals surface area contributed by atoms with Crippen molar-refractivity contribution in [2.75, 3.05) is 0 Å². The number of aliphatic hydroxyl groups is 1. The summed E-state index contributed by atoms with van der Waals surface area (Å²) in [7, 11) is 0. The van der Waals surface area contributed by atoms with Gasteiger partial charge in [-0.3, -0.25) is 0 Å². The SMILES string of the molecule is CCCCCCCCCCCCCCCCCCCCCCCCC(O)C(=O)[O-]. The van der Waals surface area contributed by atoms with Crippen molar-refractivity contribution < 1.29 is 15.0 Å². The number of carboxylic acid groups (broad SMARTS) is 1. The van der Waals surface area contributed by atoms with Crippen molar-refractivity contribution in [2.45, 2.75) is 161 Å². The first kappa shape index (κ1) is 28.4. The van der Waals surface area contributed by atoms with Crippen LogP contribution in [0.1, 0.15) is 155 Å². The fourth-order valence-electron chi connectivity index (χ4n) is 4.06. The number of hydrogen-bond donors (Lipinski definition) is 1. The van der Waals surface area contributed by atoms with Crippen molar-refractivity contribution in [1.29, 1.82) is 0 Å². The molecule has 0 spiro atoms. The molecule has 0 saturated heterocycles. The van der Waals surface area contributed by atoms with Crippen LogP contribution in [0.2, 0.25) is 0 Å². The van der Waals surface area contributed by atoms with Gasteiger partial charge in [0.2, 0.25) is 0 Å². The van der Waals surface area contributed by atoms with E-state index >= 15 is 0 Å². The molecule has 0 bridgehead atoms. The largest absolute Gasteiger partial charge is 0.547 e. The Morgan fingerprint density at radius 3 is 1.03 bits per heavy atom. The molecule has 174 valence electrons. The van der Waals surface area contributed by atoms with Crippen molar-refractivity contribution in [3.8, 4) is 0 Å². The standard InChI is InChI=1S/C26H52O3/c1-2-3-4-5-6-7-8-9-10-11-12-13-14-15-16-17-18-19-20-21-22-23-24-25(27)26(28)29/h25,27H,2-24H2,1H3,(H,28,29)/p-1. The van der Waals surface area contributed by atoms with Gasteiger partial charge in [0.1, 0.15) is 0 Å². The van der Waals surface area contributed by atoms with Gasteiger partial charge >= 0.3 is 0 Å². The lowest BCUT2D eigenvalue weighted by Crippen LogP contribution is -2.35.